The molecule has 114 valence electrons. The van der Waals surface area contributed by atoms with Gasteiger partial charge < -0.3 is 5.11 Å². The van der Waals surface area contributed by atoms with Gasteiger partial charge in [0.05, 0.1) is 0 Å². The van der Waals surface area contributed by atoms with Crippen molar-refractivity contribution in [3.63, 3.8) is 0 Å². The molecule has 0 aromatic carbocycles. The van der Waals surface area contributed by atoms with E-state index < -0.39 is 5.97 Å². The molecule has 0 aliphatic rings. The van der Waals surface area contributed by atoms with Gasteiger partial charge in [0.1, 0.15) is 0 Å². The summed E-state index contributed by atoms with van der Waals surface area (Å²) in [6.07, 6.45) is 23.5. The minimum atomic E-state index is -0.671. The average Bonchev–Trinajstić information content (AvgIpc) is 2.43. The summed E-state index contributed by atoms with van der Waals surface area (Å²) in [7, 11) is 0. The molecule has 0 saturated carbocycles. The van der Waals surface area contributed by atoms with Crippen LogP contribution in [0, 0.1) is 0 Å². The second-order valence-electron chi connectivity index (χ2n) is 5.04. The van der Waals surface area contributed by atoms with Gasteiger partial charge in [-0.15, -0.1) is 0 Å². The lowest BCUT2D eigenvalue weighted by Crippen LogP contribution is -1.93. The average molecular weight is 278 g/mol. The molecule has 0 fully saturated rings. The van der Waals surface area contributed by atoms with E-state index in [0.717, 1.165) is 32.1 Å². The molecular formula is C18H30O2. The van der Waals surface area contributed by atoms with E-state index in [1.54, 1.807) is 0 Å². The Kier molecular flexibility index (Phi) is 14.7. The van der Waals surface area contributed by atoms with E-state index in [0.29, 0.717) is 6.42 Å². The monoisotopic (exact) mass is 278 g/mol. The van der Waals surface area contributed by atoms with Crippen LogP contribution in [0.4, 0.5) is 0 Å². The second-order valence-corrected chi connectivity index (χ2v) is 5.04. The SMILES string of the molecule is CC=CCC=CCC=CCCCCCCCCC(=O)O. The number of carboxylic acids is 1. The van der Waals surface area contributed by atoms with Crippen molar-refractivity contribution in [2.24, 2.45) is 0 Å². The van der Waals surface area contributed by atoms with E-state index in [9.17, 15) is 4.79 Å². The minimum Gasteiger partial charge on any atom is -0.481 e. The zero-order valence-electron chi connectivity index (χ0n) is 12.9. The lowest BCUT2D eigenvalue weighted by atomic mass is 10.1. The van der Waals surface area contributed by atoms with Gasteiger partial charge in [-0.2, -0.15) is 0 Å². The van der Waals surface area contributed by atoms with Crippen molar-refractivity contribution >= 4 is 5.97 Å². The summed E-state index contributed by atoms with van der Waals surface area (Å²) in [5.41, 5.74) is 0. The molecule has 0 saturated heterocycles. The number of hydrogen-bond donors (Lipinski definition) is 1. The molecule has 0 heterocycles. The Morgan fingerprint density at radius 1 is 0.800 bits per heavy atom. The molecule has 0 aliphatic carbocycles. The zero-order chi connectivity index (χ0) is 14.9. The van der Waals surface area contributed by atoms with E-state index in [-0.39, 0.29) is 0 Å². The van der Waals surface area contributed by atoms with E-state index in [1.165, 1.54) is 25.7 Å². The third-order valence-electron chi connectivity index (χ3n) is 3.12. The largest absolute Gasteiger partial charge is 0.481 e. The summed E-state index contributed by atoms with van der Waals surface area (Å²) in [5, 5.41) is 8.50. The number of allylic oxidation sites excluding steroid dienone is 6. The van der Waals surface area contributed by atoms with Crippen molar-refractivity contribution in [1.82, 2.24) is 0 Å². The lowest BCUT2D eigenvalue weighted by molar-refractivity contribution is -0.137. The quantitative estimate of drug-likeness (QED) is 0.348. The smallest absolute Gasteiger partial charge is 0.303 e. The maximum atomic E-state index is 10.3. The Balaban J connectivity index is 3.19. The van der Waals surface area contributed by atoms with Crippen LogP contribution >= 0.6 is 0 Å². The first-order valence-corrected chi connectivity index (χ1v) is 7.90. The van der Waals surface area contributed by atoms with Crippen LogP contribution in [0.25, 0.3) is 0 Å². The number of hydrogen-bond acceptors (Lipinski definition) is 1. The number of carboxylic acid groups (broad SMARTS) is 1. The summed E-state index contributed by atoms with van der Waals surface area (Å²) in [4.78, 5) is 10.3. The summed E-state index contributed by atoms with van der Waals surface area (Å²) < 4.78 is 0. The van der Waals surface area contributed by atoms with E-state index in [1.807, 2.05) is 6.92 Å². The van der Waals surface area contributed by atoms with Gasteiger partial charge in [-0.3, -0.25) is 4.79 Å². The van der Waals surface area contributed by atoms with Crippen molar-refractivity contribution in [3.8, 4) is 0 Å². The van der Waals surface area contributed by atoms with Crippen molar-refractivity contribution < 1.29 is 9.90 Å². The molecule has 0 aromatic rings. The highest BCUT2D eigenvalue weighted by molar-refractivity contribution is 5.66. The molecular weight excluding hydrogens is 248 g/mol. The summed E-state index contributed by atoms with van der Waals surface area (Å²) in [6.45, 7) is 2.04. The van der Waals surface area contributed by atoms with Crippen molar-refractivity contribution in [1.29, 1.82) is 0 Å². The normalized spacial score (nSPS) is 12.1. The Morgan fingerprint density at radius 2 is 1.35 bits per heavy atom. The predicted octanol–water partition coefficient (Wildman–Crippen LogP) is 5.66. The van der Waals surface area contributed by atoms with Gasteiger partial charge in [0.15, 0.2) is 0 Å². The van der Waals surface area contributed by atoms with E-state index >= 15 is 0 Å². The Labute approximate surface area is 124 Å². The van der Waals surface area contributed by atoms with Crippen LogP contribution in [-0.4, -0.2) is 11.1 Å². The molecule has 0 rings (SSSR count). The van der Waals surface area contributed by atoms with Crippen LogP contribution in [0.2, 0.25) is 0 Å². The fourth-order valence-electron chi connectivity index (χ4n) is 1.95. The Morgan fingerprint density at radius 3 is 2.00 bits per heavy atom. The van der Waals surface area contributed by atoms with Crippen LogP contribution in [-0.2, 0) is 4.79 Å². The second kappa shape index (κ2) is 15.7. The third-order valence-corrected chi connectivity index (χ3v) is 3.12. The molecule has 2 heteroatoms. The topological polar surface area (TPSA) is 37.3 Å². The molecule has 0 unspecified atom stereocenters. The molecule has 20 heavy (non-hydrogen) atoms. The maximum Gasteiger partial charge on any atom is 0.303 e. The van der Waals surface area contributed by atoms with E-state index in [2.05, 4.69) is 36.5 Å². The molecule has 0 bridgehead atoms. The maximum absolute atomic E-state index is 10.3. The molecule has 0 radical (unpaired) electrons. The van der Waals surface area contributed by atoms with Gasteiger partial charge in [-0.05, 0) is 39.0 Å². The van der Waals surface area contributed by atoms with Gasteiger partial charge in [-0.1, -0.05) is 62.1 Å². The molecule has 0 aliphatic heterocycles. The first-order valence-electron chi connectivity index (χ1n) is 7.90. The van der Waals surface area contributed by atoms with Crippen LogP contribution in [0.5, 0.6) is 0 Å². The summed E-state index contributed by atoms with van der Waals surface area (Å²) >= 11 is 0. The highest BCUT2D eigenvalue weighted by Crippen LogP contribution is 2.09. The first kappa shape index (κ1) is 18.7. The number of aliphatic carboxylic acids is 1. The zero-order valence-corrected chi connectivity index (χ0v) is 12.9. The van der Waals surface area contributed by atoms with Gasteiger partial charge >= 0.3 is 5.97 Å². The fourth-order valence-corrected chi connectivity index (χ4v) is 1.95. The molecule has 0 atom stereocenters. The van der Waals surface area contributed by atoms with Gasteiger partial charge in [0.25, 0.3) is 0 Å². The highest BCUT2D eigenvalue weighted by atomic mass is 16.4. The molecule has 1 N–H and O–H groups in total. The summed E-state index contributed by atoms with van der Waals surface area (Å²) in [6, 6.07) is 0. The minimum absolute atomic E-state index is 0.324. The fraction of sp³-hybridized carbons (Fsp3) is 0.611. The molecule has 0 spiro atoms. The van der Waals surface area contributed by atoms with Gasteiger partial charge in [-0.25, -0.2) is 0 Å². The van der Waals surface area contributed by atoms with E-state index in [4.69, 9.17) is 5.11 Å². The van der Waals surface area contributed by atoms with Gasteiger partial charge in [0, 0.05) is 6.42 Å². The van der Waals surface area contributed by atoms with Crippen molar-refractivity contribution in [2.45, 2.75) is 71.1 Å². The molecule has 0 amide bonds. The molecule has 0 aromatic heterocycles. The lowest BCUT2D eigenvalue weighted by Gasteiger charge is -1.99. The molecule has 2 nitrogen and oxygen atoms in total. The number of unbranched alkanes of at least 4 members (excludes halogenated alkanes) is 6. The standard InChI is InChI=1S/C18H30O2/c1-2-3-4-5-6-7-8-9-10-11-12-13-14-15-16-17-18(19)20/h2-3,5-6,8-9H,4,7,10-17H2,1H3,(H,19,20). The van der Waals surface area contributed by atoms with Crippen LogP contribution in [0.15, 0.2) is 36.5 Å². The van der Waals surface area contributed by atoms with Gasteiger partial charge in [0.2, 0.25) is 0 Å². The van der Waals surface area contributed by atoms with Crippen molar-refractivity contribution in [3.05, 3.63) is 36.5 Å². The number of rotatable bonds is 13. The van der Waals surface area contributed by atoms with Crippen molar-refractivity contribution in [2.75, 3.05) is 0 Å². The third kappa shape index (κ3) is 16.7. The van der Waals surface area contributed by atoms with Crippen LogP contribution < -0.4 is 0 Å². The first-order chi connectivity index (χ1) is 9.77. The Bertz CT molecular complexity index is 301. The van der Waals surface area contributed by atoms with Crippen LogP contribution in [0.3, 0.4) is 0 Å². The predicted molar refractivity (Wildman–Crippen MR) is 86.9 cm³/mol. The highest BCUT2D eigenvalue weighted by Gasteiger charge is 1.95. The summed E-state index contributed by atoms with van der Waals surface area (Å²) in [5.74, 6) is -0.671. The number of carbonyl (C=O) groups is 1. The van der Waals surface area contributed by atoms with Crippen LogP contribution in [0.1, 0.15) is 71.1 Å². The Hall–Kier alpha value is -1.31.